The quantitative estimate of drug-likeness (QED) is 0.772. The van der Waals surface area contributed by atoms with Crippen LogP contribution in [0.15, 0.2) is 65.7 Å². The molecule has 1 aliphatic rings. The summed E-state index contributed by atoms with van der Waals surface area (Å²) in [5.41, 5.74) is 10.1. The summed E-state index contributed by atoms with van der Waals surface area (Å²) in [6, 6.07) is 18.9. The SMILES string of the molecule is NC(c1cnc2ccccc2c1)C1CSc2ccccc21. The van der Waals surface area contributed by atoms with Gasteiger partial charge in [-0.1, -0.05) is 36.4 Å². The standard InChI is InChI=1S/C18H16N2S/c19-18(15-11-21-17-8-4-2-6-14(15)17)13-9-12-5-1-3-7-16(12)20-10-13/h1-10,15,18H,11,19H2. The van der Waals surface area contributed by atoms with Gasteiger partial charge in [0.15, 0.2) is 0 Å². The maximum Gasteiger partial charge on any atom is 0.0702 e. The van der Waals surface area contributed by atoms with Crippen molar-refractivity contribution in [1.29, 1.82) is 0 Å². The van der Waals surface area contributed by atoms with Gasteiger partial charge in [0.2, 0.25) is 0 Å². The number of para-hydroxylation sites is 1. The van der Waals surface area contributed by atoms with Crippen LogP contribution in [-0.2, 0) is 0 Å². The molecule has 0 aliphatic carbocycles. The Morgan fingerprint density at radius 1 is 1.10 bits per heavy atom. The van der Waals surface area contributed by atoms with E-state index in [1.807, 2.05) is 36.2 Å². The minimum Gasteiger partial charge on any atom is -0.323 e. The molecule has 1 aliphatic heterocycles. The zero-order valence-corrected chi connectivity index (χ0v) is 12.4. The topological polar surface area (TPSA) is 38.9 Å². The molecule has 3 aromatic rings. The molecular formula is C18H16N2S. The molecule has 21 heavy (non-hydrogen) atoms. The lowest BCUT2D eigenvalue weighted by atomic mass is 9.89. The van der Waals surface area contributed by atoms with Gasteiger partial charge in [-0.05, 0) is 29.3 Å². The van der Waals surface area contributed by atoms with Crippen LogP contribution in [0.2, 0.25) is 0 Å². The van der Waals surface area contributed by atoms with E-state index < -0.39 is 0 Å². The van der Waals surface area contributed by atoms with Crippen molar-refractivity contribution in [3.05, 3.63) is 71.9 Å². The molecule has 2 unspecified atom stereocenters. The van der Waals surface area contributed by atoms with Crippen LogP contribution in [0.3, 0.4) is 0 Å². The van der Waals surface area contributed by atoms with Crippen LogP contribution >= 0.6 is 11.8 Å². The minimum absolute atomic E-state index is 0.00161. The van der Waals surface area contributed by atoms with Crippen LogP contribution in [0, 0.1) is 0 Å². The fourth-order valence-corrected chi connectivity index (χ4v) is 4.29. The van der Waals surface area contributed by atoms with E-state index in [4.69, 9.17) is 5.73 Å². The van der Waals surface area contributed by atoms with E-state index in [1.54, 1.807) is 0 Å². The highest BCUT2D eigenvalue weighted by atomic mass is 32.2. The molecule has 2 atom stereocenters. The van der Waals surface area contributed by atoms with Gasteiger partial charge < -0.3 is 5.73 Å². The molecule has 104 valence electrons. The molecule has 2 nitrogen and oxygen atoms in total. The van der Waals surface area contributed by atoms with Crippen molar-refractivity contribution in [3.63, 3.8) is 0 Å². The van der Waals surface area contributed by atoms with Crippen LogP contribution in [0.4, 0.5) is 0 Å². The largest absolute Gasteiger partial charge is 0.323 e. The molecule has 1 aromatic heterocycles. The Morgan fingerprint density at radius 3 is 2.86 bits per heavy atom. The number of rotatable bonds is 2. The molecule has 2 N–H and O–H groups in total. The molecule has 3 heteroatoms. The highest BCUT2D eigenvalue weighted by Crippen LogP contribution is 2.44. The van der Waals surface area contributed by atoms with Crippen molar-refractivity contribution < 1.29 is 0 Å². The fraction of sp³-hybridized carbons (Fsp3) is 0.167. The number of benzene rings is 2. The van der Waals surface area contributed by atoms with Crippen molar-refractivity contribution in [3.8, 4) is 0 Å². The molecular weight excluding hydrogens is 276 g/mol. The van der Waals surface area contributed by atoms with Gasteiger partial charge in [0, 0.05) is 34.2 Å². The van der Waals surface area contributed by atoms with E-state index in [0.717, 1.165) is 22.2 Å². The summed E-state index contributed by atoms with van der Waals surface area (Å²) in [6.07, 6.45) is 1.93. The van der Waals surface area contributed by atoms with Crippen molar-refractivity contribution in [2.45, 2.75) is 16.9 Å². The molecule has 0 fully saturated rings. The first-order chi connectivity index (χ1) is 10.3. The Kier molecular flexibility index (Phi) is 3.17. The van der Waals surface area contributed by atoms with E-state index in [1.165, 1.54) is 10.5 Å². The van der Waals surface area contributed by atoms with Crippen LogP contribution in [0.25, 0.3) is 10.9 Å². The molecule has 0 radical (unpaired) electrons. The third-order valence-corrected chi connectivity index (χ3v) is 5.38. The molecule has 0 saturated heterocycles. The lowest BCUT2D eigenvalue weighted by Gasteiger charge is -2.20. The van der Waals surface area contributed by atoms with Gasteiger partial charge in [-0.2, -0.15) is 0 Å². The summed E-state index contributed by atoms with van der Waals surface area (Å²) >= 11 is 1.90. The molecule has 2 heterocycles. The smallest absolute Gasteiger partial charge is 0.0702 e. The average molecular weight is 292 g/mol. The summed E-state index contributed by atoms with van der Waals surface area (Å²) in [6.45, 7) is 0. The van der Waals surface area contributed by atoms with Gasteiger partial charge in [-0.15, -0.1) is 11.8 Å². The number of hydrogen-bond acceptors (Lipinski definition) is 3. The van der Waals surface area contributed by atoms with E-state index in [2.05, 4.69) is 41.4 Å². The summed E-state index contributed by atoms with van der Waals surface area (Å²) in [5, 5.41) is 1.16. The summed E-state index contributed by atoms with van der Waals surface area (Å²) in [4.78, 5) is 5.91. The first-order valence-electron chi connectivity index (χ1n) is 7.15. The Labute approximate surface area is 128 Å². The average Bonchev–Trinajstić information content (AvgIpc) is 2.98. The first kappa shape index (κ1) is 12.9. The van der Waals surface area contributed by atoms with Gasteiger partial charge in [-0.25, -0.2) is 0 Å². The predicted octanol–water partition coefficient (Wildman–Crippen LogP) is 4.12. The van der Waals surface area contributed by atoms with Crippen molar-refractivity contribution >= 4 is 22.7 Å². The first-order valence-corrected chi connectivity index (χ1v) is 8.13. The van der Waals surface area contributed by atoms with E-state index in [-0.39, 0.29) is 6.04 Å². The molecule has 4 rings (SSSR count). The Morgan fingerprint density at radius 2 is 1.90 bits per heavy atom. The second-order valence-corrected chi connectivity index (χ2v) is 6.50. The second kappa shape index (κ2) is 5.17. The lowest BCUT2D eigenvalue weighted by molar-refractivity contribution is 0.606. The zero-order chi connectivity index (χ0) is 14.2. The summed E-state index contributed by atoms with van der Waals surface area (Å²) in [5.74, 6) is 1.42. The number of nitrogens with zero attached hydrogens (tertiary/aromatic N) is 1. The third-order valence-electron chi connectivity index (χ3n) is 4.17. The number of nitrogens with two attached hydrogens (primary N) is 1. The van der Waals surface area contributed by atoms with Crippen molar-refractivity contribution in [2.24, 2.45) is 5.73 Å². The molecule has 0 bridgehead atoms. The number of hydrogen-bond donors (Lipinski definition) is 1. The van der Waals surface area contributed by atoms with Gasteiger partial charge >= 0.3 is 0 Å². The van der Waals surface area contributed by atoms with Gasteiger partial charge in [0.05, 0.1) is 5.52 Å². The number of thioether (sulfide) groups is 1. The molecule has 0 spiro atoms. The second-order valence-electron chi connectivity index (χ2n) is 5.44. The number of pyridine rings is 1. The molecule has 0 amide bonds. The van der Waals surface area contributed by atoms with E-state index >= 15 is 0 Å². The zero-order valence-electron chi connectivity index (χ0n) is 11.6. The van der Waals surface area contributed by atoms with Gasteiger partial charge in [0.25, 0.3) is 0 Å². The Hall–Kier alpha value is -1.84. The molecule has 2 aromatic carbocycles. The van der Waals surface area contributed by atoms with Gasteiger partial charge in [-0.3, -0.25) is 4.98 Å². The Balaban J connectivity index is 1.72. The van der Waals surface area contributed by atoms with E-state index in [0.29, 0.717) is 5.92 Å². The van der Waals surface area contributed by atoms with Crippen molar-refractivity contribution in [1.82, 2.24) is 4.98 Å². The maximum atomic E-state index is 6.55. The van der Waals surface area contributed by atoms with Gasteiger partial charge in [0.1, 0.15) is 0 Å². The van der Waals surface area contributed by atoms with Crippen LogP contribution in [0.5, 0.6) is 0 Å². The fourth-order valence-electron chi connectivity index (χ4n) is 2.99. The van der Waals surface area contributed by atoms with Crippen LogP contribution < -0.4 is 5.73 Å². The molecule has 0 saturated carbocycles. The van der Waals surface area contributed by atoms with Crippen LogP contribution in [0.1, 0.15) is 23.1 Å². The summed E-state index contributed by atoms with van der Waals surface area (Å²) < 4.78 is 0. The summed E-state index contributed by atoms with van der Waals surface area (Å²) in [7, 11) is 0. The highest BCUT2D eigenvalue weighted by Gasteiger charge is 2.29. The maximum absolute atomic E-state index is 6.55. The minimum atomic E-state index is -0.00161. The number of fused-ring (bicyclic) bond motifs is 2. The Bertz CT molecular complexity index is 800. The van der Waals surface area contributed by atoms with E-state index in [9.17, 15) is 0 Å². The van der Waals surface area contributed by atoms with Crippen molar-refractivity contribution in [2.75, 3.05) is 5.75 Å². The predicted molar refractivity (Wildman–Crippen MR) is 88.6 cm³/mol. The number of aromatic nitrogens is 1. The van der Waals surface area contributed by atoms with Crippen LogP contribution in [-0.4, -0.2) is 10.7 Å². The highest BCUT2D eigenvalue weighted by molar-refractivity contribution is 7.99. The monoisotopic (exact) mass is 292 g/mol. The third kappa shape index (κ3) is 2.23. The normalized spacial score (nSPS) is 18.6. The lowest BCUT2D eigenvalue weighted by Crippen LogP contribution is -2.20.